The summed E-state index contributed by atoms with van der Waals surface area (Å²) in [5, 5.41) is 0. The van der Waals surface area contributed by atoms with Crippen LogP contribution >= 0.6 is 0 Å². The van der Waals surface area contributed by atoms with Gasteiger partial charge in [0.05, 0.1) is 0 Å². The molecule has 0 nitrogen and oxygen atoms in total. The summed E-state index contributed by atoms with van der Waals surface area (Å²) in [5.74, 6) is 3.59. The summed E-state index contributed by atoms with van der Waals surface area (Å²) >= 11 is 0. The van der Waals surface area contributed by atoms with Gasteiger partial charge in [-0.1, -0.05) is 30.7 Å². The van der Waals surface area contributed by atoms with E-state index >= 15 is 0 Å². The molecule has 0 fully saturated rings. The number of hydrogen-bond acceptors (Lipinski definition) is 0. The predicted octanol–water partition coefficient (Wildman–Crippen LogP) is 2.97. The van der Waals surface area contributed by atoms with Crippen molar-refractivity contribution in [1.29, 1.82) is 0 Å². The van der Waals surface area contributed by atoms with Crippen molar-refractivity contribution < 1.29 is 0 Å². The highest BCUT2D eigenvalue weighted by Gasteiger charge is 2.10. The molecule has 0 aromatic rings. The van der Waals surface area contributed by atoms with Crippen molar-refractivity contribution in [3.63, 3.8) is 0 Å². The first-order chi connectivity index (χ1) is 5.86. The maximum Gasteiger partial charge on any atom is 0.0383 e. The van der Waals surface area contributed by atoms with Gasteiger partial charge in [0.25, 0.3) is 0 Å². The SMILES string of the molecule is [CH]=CC(C#C)CCC1C=CCC1. The van der Waals surface area contributed by atoms with Crippen LogP contribution in [-0.4, -0.2) is 0 Å². The van der Waals surface area contributed by atoms with Crippen LogP contribution in [0.2, 0.25) is 0 Å². The average Bonchev–Trinajstić information content (AvgIpc) is 2.59. The fourth-order valence-corrected chi connectivity index (χ4v) is 1.56. The highest BCUT2D eigenvalue weighted by molar-refractivity contribution is 5.03. The van der Waals surface area contributed by atoms with E-state index in [0.717, 1.165) is 12.3 Å². The minimum absolute atomic E-state index is 0.166. The van der Waals surface area contributed by atoms with Gasteiger partial charge in [-0.25, -0.2) is 0 Å². The van der Waals surface area contributed by atoms with Crippen LogP contribution in [0.1, 0.15) is 25.7 Å². The summed E-state index contributed by atoms with van der Waals surface area (Å²) in [6.45, 7) is 5.38. The normalized spacial score (nSPS) is 23.4. The molecular weight excluding hydrogens is 144 g/mol. The number of allylic oxidation sites excluding steroid dienone is 3. The Balaban J connectivity index is 2.20. The van der Waals surface area contributed by atoms with Crippen molar-refractivity contribution in [2.75, 3.05) is 0 Å². The minimum atomic E-state index is 0.166. The molecule has 0 amide bonds. The first-order valence-electron chi connectivity index (χ1n) is 4.54. The Hall–Kier alpha value is -0.960. The predicted molar refractivity (Wildman–Crippen MR) is 52.3 cm³/mol. The van der Waals surface area contributed by atoms with Crippen LogP contribution in [0.15, 0.2) is 18.2 Å². The maximum atomic E-state index is 5.38. The summed E-state index contributed by atoms with van der Waals surface area (Å²) in [7, 11) is 0. The lowest BCUT2D eigenvalue weighted by atomic mass is 9.96. The van der Waals surface area contributed by atoms with E-state index < -0.39 is 0 Å². The Morgan fingerprint density at radius 3 is 3.00 bits per heavy atom. The van der Waals surface area contributed by atoms with Gasteiger partial charge in [0.1, 0.15) is 0 Å². The van der Waals surface area contributed by atoms with Crippen LogP contribution in [0.25, 0.3) is 0 Å². The third-order valence-electron chi connectivity index (χ3n) is 2.41. The molecule has 1 rings (SSSR count). The Labute approximate surface area is 75.4 Å². The fourth-order valence-electron chi connectivity index (χ4n) is 1.56. The summed E-state index contributed by atoms with van der Waals surface area (Å²) < 4.78 is 0. The van der Waals surface area contributed by atoms with Gasteiger partial charge >= 0.3 is 0 Å². The molecule has 0 heteroatoms. The summed E-state index contributed by atoms with van der Waals surface area (Å²) in [4.78, 5) is 0. The number of rotatable bonds is 4. The van der Waals surface area contributed by atoms with Crippen LogP contribution in [-0.2, 0) is 0 Å². The molecule has 2 unspecified atom stereocenters. The zero-order valence-corrected chi connectivity index (χ0v) is 7.37. The highest BCUT2D eigenvalue weighted by atomic mass is 14.1. The van der Waals surface area contributed by atoms with Crippen LogP contribution in [0.5, 0.6) is 0 Å². The highest BCUT2D eigenvalue weighted by Crippen LogP contribution is 2.23. The minimum Gasteiger partial charge on any atom is -0.119 e. The monoisotopic (exact) mass is 159 g/mol. The van der Waals surface area contributed by atoms with Crippen LogP contribution in [0, 0.1) is 30.8 Å². The molecule has 0 heterocycles. The van der Waals surface area contributed by atoms with Crippen molar-refractivity contribution in [3.8, 4) is 12.3 Å². The first kappa shape index (κ1) is 9.13. The standard InChI is InChI=1S/C12H15/c1-3-11(4-2)9-10-12-7-5-6-8-12/h1-3,5,7,11-12H,6,8-10H2. The summed E-state index contributed by atoms with van der Waals surface area (Å²) in [5.41, 5.74) is 0. The zero-order chi connectivity index (χ0) is 8.81. The Kier molecular flexibility index (Phi) is 3.67. The van der Waals surface area contributed by atoms with E-state index in [0.29, 0.717) is 0 Å². The van der Waals surface area contributed by atoms with E-state index in [9.17, 15) is 0 Å². The molecule has 0 aromatic heterocycles. The van der Waals surface area contributed by atoms with E-state index in [2.05, 4.69) is 18.1 Å². The molecule has 1 aliphatic rings. The van der Waals surface area contributed by atoms with Crippen molar-refractivity contribution in [2.24, 2.45) is 11.8 Å². The average molecular weight is 159 g/mol. The van der Waals surface area contributed by atoms with Crippen LogP contribution < -0.4 is 0 Å². The van der Waals surface area contributed by atoms with Gasteiger partial charge in [-0.2, -0.15) is 0 Å². The van der Waals surface area contributed by atoms with Gasteiger partial charge in [0.15, 0.2) is 0 Å². The Morgan fingerprint density at radius 1 is 1.67 bits per heavy atom. The molecule has 0 bridgehead atoms. The first-order valence-corrected chi connectivity index (χ1v) is 4.54. The third kappa shape index (κ3) is 2.58. The summed E-state index contributed by atoms with van der Waals surface area (Å²) in [6.07, 6.45) is 16.2. The molecule has 0 aliphatic heterocycles. The van der Waals surface area contributed by atoms with Gasteiger partial charge in [-0.3, -0.25) is 0 Å². The second-order valence-corrected chi connectivity index (χ2v) is 3.31. The van der Waals surface area contributed by atoms with Crippen molar-refractivity contribution in [1.82, 2.24) is 0 Å². The Bertz CT molecular complexity index is 205. The largest absolute Gasteiger partial charge is 0.119 e. The smallest absolute Gasteiger partial charge is 0.0383 e. The third-order valence-corrected chi connectivity index (χ3v) is 2.41. The molecule has 12 heavy (non-hydrogen) atoms. The van der Waals surface area contributed by atoms with Gasteiger partial charge in [-0.15, -0.1) is 6.42 Å². The Morgan fingerprint density at radius 2 is 2.50 bits per heavy atom. The quantitative estimate of drug-likeness (QED) is 0.437. The molecule has 0 N–H and O–H groups in total. The molecule has 0 saturated carbocycles. The molecule has 2 atom stereocenters. The van der Waals surface area contributed by atoms with Crippen LogP contribution in [0.3, 0.4) is 0 Å². The van der Waals surface area contributed by atoms with E-state index in [1.807, 2.05) is 0 Å². The molecule has 1 radical (unpaired) electrons. The van der Waals surface area contributed by atoms with Gasteiger partial charge in [0, 0.05) is 5.92 Å². The second kappa shape index (κ2) is 4.83. The lowest BCUT2D eigenvalue weighted by molar-refractivity contribution is 0.526. The van der Waals surface area contributed by atoms with E-state index in [1.54, 1.807) is 6.08 Å². The molecule has 0 spiro atoms. The van der Waals surface area contributed by atoms with Gasteiger partial charge in [0.2, 0.25) is 0 Å². The molecule has 1 aliphatic carbocycles. The number of hydrogen-bond donors (Lipinski definition) is 0. The topological polar surface area (TPSA) is 0 Å². The second-order valence-electron chi connectivity index (χ2n) is 3.31. The fraction of sp³-hybridized carbons (Fsp3) is 0.500. The van der Waals surface area contributed by atoms with Gasteiger partial charge in [-0.05, 0) is 31.6 Å². The molecule has 0 aromatic carbocycles. The number of terminal acetylenes is 1. The van der Waals surface area contributed by atoms with E-state index in [4.69, 9.17) is 13.0 Å². The lowest BCUT2D eigenvalue weighted by Crippen LogP contribution is -1.97. The molecular formula is C12H15. The van der Waals surface area contributed by atoms with Crippen molar-refractivity contribution in [3.05, 3.63) is 24.8 Å². The maximum absolute atomic E-state index is 5.38. The van der Waals surface area contributed by atoms with Crippen LogP contribution in [0.4, 0.5) is 0 Å². The summed E-state index contributed by atoms with van der Waals surface area (Å²) in [6, 6.07) is 0. The van der Waals surface area contributed by atoms with E-state index in [-0.39, 0.29) is 5.92 Å². The molecule has 63 valence electrons. The molecule has 0 saturated heterocycles. The van der Waals surface area contributed by atoms with E-state index in [1.165, 1.54) is 19.3 Å². The van der Waals surface area contributed by atoms with Gasteiger partial charge < -0.3 is 0 Å². The lowest BCUT2D eigenvalue weighted by Gasteiger charge is -2.08. The van der Waals surface area contributed by atoms with Crippen molar-refractivity contribution in [2.45, 2.75) is 25.7 Å². The zero-order valence-electron chi connectivity index (χ0n) is 7.37. The van der Waals surface area contributed by atoms with Crippen molar-refractivity contribution >= 4 is 0 Å².